The molecule has 5 rings (SSSR count). The molecular weight excluding hydrogens is 396 g/mol. The van der Waals surface area contributed by atoms with Crippen LogP contribution >= 0.6 is 0 Å². The number of amides is 5. The van der Waals surface area contributed by atoms with E-state index in [1.54, 1.807) is 4.90 Å². The number of nitrogens with one attached hydrogen (secondary N) is 1. The van der Waals surface area contributed by atoms with Crippen molar-refractivity contribution >= 4 is 23.8 Å². The maximum absolute atomic E-state index is 13.3. The molecule has 1 atom stereocenters. The predicted octanol–water partition coefficient (Wildman–Crippen LogP) is 1.74. The summed E-state index contributed by atoms with van der Waals surface area (Å²) in [5.74, 6) is 0.391. The molecule has 31 heavy (non-hydrogen) atoms. The summed E-state index contributed by atoms with van der Waals surface area (Å²) < 4.78 is 0. The quantitative estimate of drug-likeness (QED) is 0.691. The first-order valence-corrected chi connectivity index (χ1v) is 12.0. The zero-order chi connectivity index (χ0) is 22.0. The summed E-state index contributed by atoms with van der Waals surface area (Å²) in [7, 11) is 0. The van der Waals surface area contributed by atoms with Crippen molar-refractivity contribution in [2.24, 2.45) is 17.3 Å². The van der Waals surface area contributed by atoms with Gasteiger partial charge in [0.2, 0.25) is 11.8 Å². The Kier molecular flexibility index (Phi) is 4.83. The van der Waals surface area contributed by atoms with E-state index in [1.807, 2.05) is 18.7 Å². The van der Waals surface area contributed by atoms with Gasteiger partial charge in [-0.25, -0.2) is 4.79 Å². The second-order valence-electron chi connectivity index (χ2n) is 10.7. The van der Waals surface area contributed by atoms with Crippen molar-refractivity contribution in [1.29, 1.82) is 0 Å². The molecule has 2 saturated carbocycles. The van der Waals surface area contributed by atoms with E-state index in [2.05, 4.69) is 5.32 Å². The topological polar surface area (TPSA) is 90.0 Å². The Morgan fingerprint density at radius 2 is 1.61 bits per heavy atom. The van der Waals surface area contributed by atoms with E-state index < -0.39 is 5.54 Å². The van der Waals surface area contributed by atoms with E-state index >= 15 is 0 Å². The van der Waals surface area contributed by atoms with Crippen LogP contribution < -0.4 is 5.32 Å². The molecule has 2 spiro atoms. The fourth-order valence-electron chi connectivity index (χ4n) is 6.23. The third-order valence-corrected chi connectivity index (χ3v) is 8.59. The third kappa shape index (κ3) is 3.24. The number of hydrogen-bond donors (Lipinski definition) is 1. The zero-order valence-corrected chi connectivity index (χ0v) is 18.7. The monoisotopic (exact) mass is 430 g/mol. The van der Waals surface area contributed by atoms with Gasteiger partial charge in [-0.05, 0) is 50.4 Å². The summed E-state index contributed by atoms with van der Waals surface area (Å²) in [6.45, 7) is 5.99. The molecule has 5 amide bonds. The highest BCUT2D eigenvalue weighted by molar-refractivity contribution is 6.07. The van der Waals surface area contributed by atoms with Crippen LogP contribution in [0.1, 0.15) is 65.2 Å². The van der Waals surface area contributed by atoms with Crippen LogP contribution in [0.15, 0.2) is 0 Å². The summed E-state index contributed by atoms with van der Waals surface area (Å²) >= 11 is 0. The van der Waals surface area contributed by atoms with Crippen LogP contribution in [0.2, 0.25) is 0 Å². The van der Waals surface area contributed by atoms with Gasteiger partial charge in [0.25, 0.3) is 5.91 Å². The van der Waals surface area contributed by atoms with Crippen LogP contribution in [0.4, 0.5) is 4.79 Å². The van der Waals surface area contributed by atoms with Gasteiger partial charge in [-0.15, -0.1) is 0 Å². The lowest BCUT2D eigenvalue weighted by Gasteiger charge is -2.39. The van der Waals surface area contributed by atoms with Crippen molar-refractivity contribution < 1.29 is 19.2 Å². The molecule has 0 aromatic rings. The molecule has 0 bridgehead atoms. The van der Waals surface area contributed by atoms with E-state index in [-0.39, 0.29) is 41.6 Å². The first kappa shape index (κ1) is 20.8. The van der Waals surface area contributed by atoms with Crippen molar-refractivity contribution in [1.82, 2.24) is 20.0 Å². The van der Waals surface area contributed by atoms with Crippen LogP contribution in [0.25, 0.3) is 0 Å². The average molecular weight is 431 g/mol. The molecule has 0 radical (unpaired) electrons. The predicted molar refractivity (Wildman–Crippen MR) is 113 cm³/mol. The highest BCUT2D eigenvalue weighted by Gasteiger charge is 2.62. The van der Waals surface area contributed by atoms with Gasteiger partial charge < -0.3 is 15.1 Å². The van der Waals surface area contributed by atoms with Crippen molar-refractivity contribution in [3.05, 3.63) is 0 Å². The molecule has 170 valence electrons. The highest BCUT2D eigenvalue weighted by Crippen LogP contribution is 2.66. The van der Waals surface area contributed by atoms with E-state index in [9.17, 15) is 19.2 Å². The Balaban J connectivity index is 1.17. The van der Waals surface area contributed by atoms with Gasteiger partial charge in [0.15, 0.2) is 0 Å². The molecule has 2 aliphatic carbocycles. The van der Waals surface area contributed by atoms with Gasteiger partial charge in [0, 0.05) is 44.1 Å². The maximum Gasteiger partial charge on any atom is 0.325 e. The minimum absolute atomic E-state index is 0.0675. The summed E-state index contributed by atoms with van der Waals surface area (Å²) in [6, 6.07) is -0.461. The molecule has 5 fully saturated rings. The van der Waals surface area contributed by atoms with E-state index in [0.29, 0.717) is 57.3 Å². The van der Waals surface area contributed by atoms with Crippen molar-refractivity contribution in [2.45, 2.75) is 76.8 Å². The molecule has 8 heteroatoms. The fraction of sp³-hybridized carbons (Fsp3) is 0.826. The Hall–Kier alpha value is -2.12. The number of likely N-dealkylation sites (tertiary alicyclic amines) is 2. The summed E-state index contributed by atoms with van der Waals surface area (Å²) in [6.07, 6.45) is 6.94. The average Bonchev–Trinajstić information content (AvgIpc) is 3.46. The first-order chi connectivity index (χ1) is 14.8. The molecule has 0 aromatic carbocycles. The molecular formula is C23H34N4O4. The molecule has 0 aromatic heterocycles. The largest absolute Gasteiger partial charge is 0.342 e. The van der Waals surface area contributed by atoms with Gasteiger partial charge in [0.05, 0.1) is 0 Å². The Labute approximate surface area is 183 Å². The maximum atomic E-state index is 13.3. The van der Waals surface area contributed by atoms with Gasteiger partial charge in [-0.1, -0.05) is 20.3 Å². The number of carbonyl (C=O) groups excluding carboxylic acids is 4. The lowest BCUT2D eigenvalue weighted by atomic mass is 9.79. The lowest BCUT2D eigenvalue weighted by Crippen LogP contribution is -2.57. The molecule has 3 saturated heterocycles. The summed E-state index contributed by atoms with van der Waals surface area (Å²) in [5.41, 5.74) is -0.542. The minimum atomic E-state index is -0.873. The van der Waals surface area contributed by atoms with E-state index in [4.69, 9.17) is 0 Å². The summed E-state index contributed by atoms with van der Waals surface area (Å²) in [4.78, 5) is 56.4. The number of hydrogen-bond acceptors (Lipinski definition) is 4. The summed E-state index contributed by atoms with van der Waals surface area (Å²) in [5, 5.41) is 2.96. The van der Waals surface area contributed by atoms with Crippen molar-refractivity contribution in [2.75, 3.05) is 26.2 Å². The molecule has 0 unspecified atom stereocenters. The minimum Gasteiger partial charge on any atom is -0.342 e. The number of rotatable bonds is 3. The Morgan fingerprint density at radius 3 is 2.13 bits per heavy atom. The van der Waals surface area contributed by atoms with Gasteiger partial charge in [0.1, 0.15) is 5.54 Å². The lowest BCUT2D eigenvalue weighted by molar-refractivity contribution is -0.142. The van der Waals surface area contributed by atoms with Crippen LogP contribution in [-0.4, -0.2) is 76.2 Å². The van der Waals surface area contributed by atoms with E-state index in [0.717, 1.165) is 6.42 Å². The van der Waals surface area contributed by atoms with Gasteiger partial charge in [-0.3, -0.25) is 19.3 Å². The number of imide groups is 1. The standard InChI is InChI=1S/C23H34N4O4/c1-15(2)18(28)26-12-8-23(9-13-26)20(30)27(21(31)24-23)16-4-10-25(11-5-16)19(29)17-14-22(17)6-3-7-22/h15-17H,3-14H2,1-2H3,(H,24,31)/t17-/m0/s1. The molecule has 3 heterocycles. The second-order valence-corrected chi connectivity index (χ2v) is 10.7. The Bertz CT molecular complexity index is 804. The fourth-order valence-corrected chi connectivity index (χ4v) is 6.23. The van der Waals surface area contributed by atoms with E-state index in [1.165, 1.54) is 24.2 Å². The van der Waals surface area contributed by atoms with Crippen LogP contribution in [-0.2, 0) is 14.4 Å². The third-order valence-electron chi connectivity index (χ3n) is 8.59. The second kappa shape index (κ2) is 7.20. The number of carbonyl (C=O) groups is 4. The van der Waals surface area contributed by atoms with Gasteiger partial charge in [-0.2, -0.15) is 0 Å². The van der Waals surface area contributed by atoms with Crippen LogP contribution in [0.3, 0.4) is 0 Å². The molecule has 8 nitrogen and oxygen atoms in total. The van der Waals surface area contributed by atoms with Crippen molar-refractivity contribution in [3.63, 3.8) is 0 Å². The number of piperidine rings is 2. The number of nitrogens with zero attached hydrogens (tertiary/aromatic N) is 3. The first-order valence-electron chi connectivity index (χ1n) is 12.0. The zero-order valence-electron chi connectivity index (χ0n) is 18.7. The van der Waals surface area contributed by atoms with Gasteiger partial charge >= 0.3 is 6.03 Å². The smallest absolute Gasteiger partial charge is 0.325 e. The molecule has 1 N–H and O–H groups in total. The SMILES string of the molecule is CC(C)C(=O)N1CCC2(CC1)NC(=O)N(C1CCN(C(=O)[C@@H]3CC34CCC4)CC1)C2=O. The highest BCUT2D eigenvalue weighted by atomic mass is 16.2. The molecule has 3 aliphatic heterocycles. The molecule has 5 aliphatic rings. The normalized spacial score (nSPS) is 29.5. The van der Waals surface area contributed by atoms with Crippen LogP contribution in [0, 0.1) is 17.3 Å². The van der Waals surface area contributed by atoms with Crippen molar-refractivity contribution in [3.8, 4) is 0 Å². The Morgan fingerprint density at radius 1 is 0.968 bits per heavy atom. The number of urea groups is 1. The van der Waals surface area contributed by atoms with Crippen LogP contribution in [0.5, 0.6) is 0 Å².